The summed E-state index contributed by atoms with van der Waals surface area (Å²) in [5.41, 5.74) is 0.0723. The summed E-state index contributed by atoms with van der Waals surface area (Å²) in [5, 5.41) is 9.00. The molecule has 0 amide bonds. The second kappa shape index (κ2) is 6.88. The molecule has 4 nitrogen and oxygen atoms in total. The van der Waals surface area contributed by atoms with E-state index in [9.17, 15) is 9.00 Å². The van der Waals surface area contributed by atoms with Gasteiger partial charge in [-0.25, -0.2) is 4.79 Å². The summed E-state index contributed by atoms with van der Waals surface area (Å²) >= 11 is 3.24. The van der Waals surface area contributed by atoms with Crippen LogP contribution < -0.4 is 0 Å². The quantitative estimate of drug-likeness (QED) is 0.817. The molecule has 0 bridgehead atoms. The highest BCUT2D eigenvalue weighted by Crippen LogP contribution is 2.20. The van der Waals surface area contributed by atoms with Gasteiger partial charge in [0, 0.05) is 11.1 Å². The van der Waals surface area contributed by atoms with Crippen LogP contribution in [-0.4, -0.2) is 34.3 Å². The summed E-state index contributed by atoms with van der Waals surface area (Å²) in [6, 6.07) is 4.64. The van der Waals surface area contributed by atoms with Crippen molar-refractivity contribution in [1.82, 2.24) is 0 Å². The third kappa shape index (κ3) is 4.22. The Labute approximate surface area is 111 Å². The molecule has 1 atom stereocenters. The number of carboxylic acid groups (broad SMARTS) is 1. The largest absolute Gasteiger partial charge is 0.478 e. The first-order valence-corrected chi connectivity index (χ1v) is 7.16. The molecular weight excluding hydrogens is 308 g/mol. The summed E-state index contributed by atoms with van der Waals surface area (Å²) in [4.78, 5) is 11.3. The Bertz CT molecular complexity index is 433. The minimum Gasteiger partial charge on any atom is -0.478 e. The highest BCUT2D eigenvalue weighted by Gasteiger charge is 2.15. The molecule has 0 aliphatic carbocycles. The lowest BCUT2D eigenvalue weighted by Gasteiger charge is -2.07. The fourth-order valence-corrected chi connectivity index (χ4v) is 2.91. The first-order valence-electron chi connectivity index (χ1n) is 5.05. The average molecular weight is 321 g/mol. The number of ether oxygens (including phenoxy) is 1. The monoisotopic (exact) mass is 320 g/mol. The molecule has 0 spiro atoms. The number of rotatable bonds is 6. The van der Waals surface area contributed by atoms with Crippen LogP contribution in [0.3, 0.4) is 0 Å². The molecule has 1 rings (SSSR count). The summed E-state index contributed by atoms with van der Waals surface area (Å²) < 4.78 is 17.8. The van der Waals surface area contributed by atoms with Gasteiger partial charge in [0.15, 0.2) is 0 Å². The highest BCUT2D eigenvalue weighted by molar-refractivity contribution is 9.10. The van der Waals surface area contributed by atoms with Crippen LogP contribution in [0, 0.1) is 0 Å². The predicted octanol–water partition coefficient (Wildman–Crippen LogP) is 2.29. The van der Waals surface area contributed by atoms with Crippen LogP contribution in [0.4, 0.5) is 0 Å². The molecule has 0 aromatic heterocycles. The first-order chi connectivity index (χ1) is 8.06. The Kier molecular flexibility index (Phi) is 5.80. The van der Waals surface area contributed by atoms with E-state index in [1.165, 1.54) is 6.07 Å². The normalized spacial score (nSPS) is 12.4. The lowest BCUT2D eigenvalue weighted by Crippen LogP contribution is -2.10. The number of carboxylic acids is 1. The number of carbonyl (C=O) groups is 1. The van der Waals surface area contributed by atoms with Crippen molar-refractivity contribution in [1.29, 1.82) is 0 Å². The van der Waals surface area contributed by atoms with E-state index in [1.807, 2.05) is 6.92 Å². The fraction of sp³-hybridized carbons (Fsp3) is 0.364. The maximum absolute atomic E-state index is 11.9. The smallest absolute Gasteiger partial charge is 0.336 e. The maximum Gasteiger partial charge on any atom is 0.336 e. The van der Waals surface area contributed by atoms with E-state index in [0.29, 0.717) is 28.3 Å². The van der Waals surface area contributed by atoms with E-state index in [4.69, 9.17) is 9.84 Å². The molecule has 6 heteroatoms. The first kappa shape index (κ1) is 14.3. The number of hydrogen-bond acceptors (Lipinski definition) is 3. The minimum absolute atomic E-state index is 0.0723. The van der Waals surface area contributed by atoms with Crippen LogP contribution in [0.25, 0.3) is 0 Å². The summed E-state index contributed by atoms with van der Waals surface area (Å²) in [5.74, 6) is -0.776. The SMILES string of the molecule is CCOCCS(=O)c1cc(Br)ccc1C(=O)O. The van der Waals surface area contributed by atoms with Gasteiger partial charge in [0.2, 0.25) is 0 Å². The Morgan fingerprint density at radius 3 is 2.82 bits per heavy atom. The van der Waals surface area contributed by atoms with Crippen molar-refractivity contribution in [3.8, 4) is 0 Å². The summed E-state index contributed by atoms with van der Waals surface area (Å²) in [7, 11) is -1.36. The van der Waals surface area contributed by atoms with Gasteiger partial charge in [-0.1, -0.05) is 15.9 Å². The molecule has 1 aromatic rings. The second-order valence-electron chi connectivity index (χ2n) is 3.19. The van der Waals surface area contributed by atoms with Crippen molar-refractivity contribution in [3.63, 3.8) is 0 Å². The molecule has 0 radical (unpaired) electrons. The minimum atomic E-state index is -1.36. The summed E-state index contributed by atoms with van der Waals surface area (Å²) in [6.07, 6.45) is 0. The van der Waals surface area contributed by atoms with Crippen LogP contribution in [0.1, 0.15) is 17.3 Å². The van der Waals surface area contributed by atoms with E-state index in [0.717, 1.165) is 0 Å². The number of hydrogen-bond donors (Lipinski definition) is 1. The molecule has 0 fully saturated rings. The van der Waals surface area contributed by atoms with Crippen molar-refractivity contribution in [2.45, 2.75) is 11.8 Å². The van der Waals surface area contributed by atoms with E-state index in [-0.39, 0.29) is 5.56 Å². The Morgan fingerprint density at radius 1 is 1.53 bits per heavy atom. The number of aromatic carboxylic acids is 1. The molecule has 1 aromatic carbocycles. The molecule has 1 N–H and O–H groups in total. The molecule has 0 heterocycles. The van der Waals surface area contributed by atoms with Crippen LogP contribution >= 0.6 is 15.9 Å². The highest BCUT2D eigenvalue weighted by atomic mass is 79.9. The number of benzene rings is 1. The zero-order valence-corrected chi connectivity index (χ0v) is 11.7. The number of halogens is 1. The van der Waals surface area contributed by atoms with Gasteiger partial charge in [-0.05, 0) is 25.1 Å². The zero-order valence-electron chi connectivity index (χ0n) is 9.31. The standard InChI is InChI=1S/C11H13BrO4S/c1-2-16-5-6-17(15)10-7-8(12)3-4-9(10)11(13)14/h3-4,7H,2,5-6H2,1H3,(H,13,14). The van der Waals surface area contributed by atoms with Crippen molar-refractivity contribution in [2.24, 2.45) is 0 Å². The Hall–Kier alpha value is -0.720. The third-order valence-electron chi connectivity index (χ3n) is 2.04. The van der Waals surface area contributed by atoms with E-state index in [1.54, 1.807) is 12.1 Å². The fourth-order valence-electron chi connectivity index (χ4n) is 1.25. The third-order valence-corrected chi connectivity index (χ3v) is 3.90. The Balaban J connectivity index is 2.90. The predicted molar refractivity (Wildman–Crippen MR) is 68.9 cm³/mol. The molecule has 0 saturated heterocycles. The van der Waals surface area contributed by atoms with Gasteiger partial charge in [-0.2, -0.15) is 0 Å². The molecule has 94 valence electrons. The van der Waals surface area contributed by atoms with Crippen LogP contribution in [0.5, 0.6) is 0 Å². The Morgan fingerprint density at radius 2 is 2.24 bits per heavy atom. The molecule has 0 aliphatic rings. The lowest BCUT2D eigenvalue weighted by molar-refractivity contribution is 0.0693. The van der Waals surface area contributed by atoms with Crippen LogP contribution in [-0.2, 0) is 15.5 Å². The van der Waals surface area contributed by atoms with Crippen molar-refractivity contribution in [3.05, 3.63) is 28.2 Å². The molecule has 0 saturated carbocycles. The van der Waals surface area contributed by atoms with Gasteiger partial charge < -0.3 is 9.84 Å². The lowest BCUT2D eigenvalue weighted by atomic mass is 10.2. The van der Waals surface area contributed by atoms with E-state index < -0.39 is 16.8 Å². The van der Waals surface area contributed by atoms with Crippen molar-refractivity contribution < 1.29 is 18.8 Å². The van der Waals surface area contributed by atoms with E-state index >= 15 is 0 Å². The average Bonchev–Trinajstić information content (AvgIpc) is 2.28. The molecular formula is C11H13BrO4S. The molecule has 1 unspecified atom stereocenters. The van der Waals surface area contributed by atoms with Crippen LogP contribution in [0.2, 0.25) is 0 Å². The van der Waals surface area contributed by atoms with Crippen molar-refractivity contribution >= 4 is 32.7 Å². The van der Waals surface area contributed by atoms with Crippen molar-refractivity contribution in [2.75, 3.05) is 19.0 Å². The maximum atomic E-state index is 11.9. The van der Waals surface area contributed by atoms with Gasteiger partial charge in [-0.3, -0.25) is 4.21 Å². The van der Waals surface area contributed by atoms with E-state index in [2.05, 4.69) is 15.9 Å². The topological polar surface area (TPSA) is 63.6 Å². The van der Waals surface area contributed by atoms with Crippen LogP contribution in [0.15, 0.2) is 27.6 Å². The van der Waals surface area contributed by atoms with Gasteiger partial charge >= 0.3 is 5.97 Å². The second-order valence-corrected chi connectivity index (χ2v) is 5.65. The molecule has 0 aliphatic heterocycles. The molecule has 17 heavy (non-hydrogen) atoms. The van der Waals surface area contributed by atoms with Gasteiger partial charge in [0.05, 0.1) is 33.6 Å². The van der Waals surface area contributed by atoms with Gasteiger partial charge in [-0.15, -0.1) is 0 Å². The zero-order chi connectivity index (χ0) is 12.8. The van der Waals surface area contributed by atoms with Gasteiger partial charge in [0.25, 0.3) is 0 Å². The van der Waals surface area contributed by atoms with Gasteiger partial charge in [0.1, 0.15) is 0 Å². The summed E-state index contributed by atoms with van der Waals surface area (Å²) in [6.45, 7) is 2.76.